The highest BCUT2D eigenvalue weighted by atomic mass is 16.5. The van der Waals surface area contributed by atoms with E-state index in [1.54, 1.807) is 0 Å². The smallest absolute Gasteiger partial charge is 0.232 e. The number of aromatic nitrogens is 2. The Bertz CT molecular complexity index is 377. The van der Waals surface area contributed by atoms with E-state index in [1.165, 1.54) is 6.42 Å². The maximum Gasteiger partial charge on any atom is 0.232 e. The Balaban J connectivity index is 2.01. The van der Waals surface area contributed by atoms with Crippen molar-refractivity contribution >= 4 is 0 Å². The van der Waals surface area contributed by atoms with Crippen LogP contribution in [0.4, 0.5) is 0 Å². The first-order chi connectivity index (χ1) is 8.50. The van der Waals surface area contributed by atoms with Gasteiger partial charge in [-0.1, -0.05) is 32.9 Å². The molecular formula is C13H24N4O. The van der Waals surface area contributed by atoms with Crippen molar-refractivity contribution in [1.82, 2.24) is 20.4 Å². The van der Waals surface area contributed by atoms with Crippen LogP contribution in [0.15, 0.2) is 4.52 Å². The van der Waals surface area contributed by atoms with Gasteiger partial charge in [-0.3, -0.25) is 4.90 Å². The van der Waals surface area contributed by atoms with Gasteiger partial charge in [0.25, 0.3) is 0 Å². The first kappa shape index (κ1) is 13.5. The van der Waals surface area contributed by atoms with Gasteiger partial charge in [0.15, 0.2) is 5.82 Å². The zero-order valence-electron chi connectivity index (χ0n) is 11.9. The van der Waals surface area contributed by atoms with E-state index in [4.69, 9.17) is 4.52 Å². The Morgan fingerprint density at radius 3 is 2.72 bits per heavy atom. The molecule has 0 amide bonds. The summed E-state index contributed by atoms with van der Waals surface area (Å²) in [6.07, 6.45) is 1.21. The molecule has 1 aromatic rings. The highest BCUT2D eigenvalue weighted by Crippen LogP contribution is 2.20. The molecule has 2 rings (SSSR count). The maximum atomic E-state index is 5.33. The molecule has 1 aliphatic heterocycles. The van der Waals surface area contributed by atoms with E-state index in [-0.39, 0.29) is 5.41 Å². The molecule has 1 aliphatic rings. The second kappa shape index (κ2) is 5.36. The molecule has 5 heteroatoms. The molecule has 102 valence electrons. The predicted molar refractivity (Wildman–Crippen MR) is 70.4 cm³/mol. The van der Waals surface area contributed by atoms with Crippen LogP contribution in [-0.2, 0) is 12.0 Å². The third-order valence-corrected chi connectivity index (χ3v) is 3.41. The Hall–Kier alpha value is -0.940. The molecule has 1 saturated heterocycles. The Morgan fingerprint density at radius 1 is 1.44 bits per heavy atom. The van der Waals surface area contributed by atoms with Crippen molar-refractivity contribution in [3.05, 3.63) is 11.7 Å². The molecule has 0 spiro atoms. The normalized spacial score (nSPS) is 20.8. The highest BCUT2D eigenvalue weighted by Gasteiger charge is 2.25. The SMILES string of the molecule is CCN(Cc1noc(C(C)(C)C)n1)C1CCNC1. The van der Waals surface area contributed by atoms with Crippen LogP contribution in [-0.4, -0.2) is 40.7 Å². The zero-order chi connectivity index (χ0) is 13.2. The van der Waals surface area contributed by atoms with Gasteiger partial charge >= 0.3 is 0 Å². The molecule has 1 N–H and O–H groups in total. The standard InChI is InChI=1S/C13H24N4O/c1-5-17(10-6-7-14-8-10)9-11-15-12(18-16-11)13(2,3)4/h10,14H,5-9H2,1-4H3. The van der Waals surface area contributed by atoms with Crippen molar-refractivity contribution in [1.29, 1.82) is 0 Å². The second-order valence-corrected chi connectivity index (χ2v) is 5.98. The van der Waals surface area contributed by atoms with Gasteiger partial charge in [0, 0.05) is 18.0 Å². The number of hydrogen-bond acceptors (Lipinski definition) is 5. The second-order valence-electron chi connectivity index (χ2n) is 5.98. The minimum atomic E-state index is -0.0722. The molecule has 1 fully saturated rings. The van der Waals surface area contributed by atoms with Crippen LogP contribution in [0.1, 0.15) is 45.8 Å². The molecule has 5 nitrogen and oxygen atoms in total. The van der Waals surface area contributed by atoms with Crippen molar-refractivity contribution in [2.75, 3.05) is 19.6 Å². The van der Waals surface area contributed by atoms with Crippen LogP contribution in [0, 0.1) is 0 Å². The van der Waals surface area contributed by atoms with E-state index in [9.17, 15) is 0 Å². The summed E-state index contributed by atoms with van der Waals surface area (Å²) in [5.74, 6) is 1.52. The van der Waals surface area contributed by atoms with Crippen molar-refractivity contribution in [3.8, 4) is 0 Å². The van der Waals surface area contributed by atoms with Gasteiger partial charge in [-0.2, -0.15) is 4.98 Å². The molecule has 0 aliphatic carbocycles. The van der Waals surface area contributed by atoms with Gasteiger partial charge in [-0.05, 0) is 19.5 Å². The van der Waals surface area contributed by atoms with Gasteiger partial charge in [0.2, 0.25) is 5.89 Å². The number of likely N-dealkylation sites (N-methyl/N-ethyl adjacent to an activating group) is 1. The van der Waals surface area contributed by atoms with Crippen molar-refractivity contribution in [2.45, 2.75) is 52.1 Å². The van der Waals surface area contributed by atoms with Gasteiger partial charge in [0.05, 0.1) is 6.54 Å². The third kappa shape index (κ3) is 3.09. The highest BCUT2D eigenvalue weighted by molar-refractivity contribution is 4.98. The van der Waals surface area contributed by atoms with Crippen molar-refractivity contribution < 1.29 is 4.52 Å². The minimum Gasteiger partial charge on any atom is -0.339 e. The van der Waals surface area contributed by atoms with Crippen LogP contribution < -0.4 is 5.32 Å². The summed E-state index contributed by atoms with van der Waals surface area (Å²) < 4.78 is 5.33. The summed E-state index contributed by atoms with van der Waals surface area (Å²) in [6.45, 7) is 12.4. The zero-order valence-corrected chi connectivity index (χ0v) is 11.9. The summed E-state index contributed by atoms with van der Waals surface area (Å²) in [7, 11) is 0. The predicted octanol–water partition coefficient (Wildman–Crippen LogP) is 1.55. The fraction of sp³-hybridized carbons (Fsp3) is 0.846. The molecule has 0 bridgehead atoms. The summed E-state index contributed by atoms with van der Waals surface area (Å²) in [5.41, 5.74) is -0.0722. The van der Waals surface area contributed by atoms with E-state index >= 15 is 0 Å². The first-order valence-corrected chi connectivity index (χ1v) is 6.78. The summed E-state index contributed by atoms with van der Waals surface area (Å²) in [4.78, 5) is 6.91. The molecule has 1 atom stereocenters. The fourth-order valence-corrected chi connectivity index (χ4v) is 2.25. The molecule has 2 heterocycles. The topological polar surface area (TPSA) is 54.2 Å². The van der Waals surface area contributed by atoms with E-state index in [1.807, 2.05) is 0 Å². The van der Waals surface area contributed by atoms with Crippen LogP contribution in [0.25, 0.3) is 0 Å². The van der Waals surface area contributed by atoms with E-state index in [0.29, 0.717) is 6.04 Å². The molecule has 0 saturated carbocycles. The molecule has 1 aromatic heterocycles. The van der Waals surface area contributed by atoms with E-state index < -0.39 is 0 Å². The largest absolute Gasteiger partial charge is 0.339 e. The van der Waals surface area contributed by atoms with Crippen LogP contribution in [0.2, 0.25) is 0 Å². The molecule has 0 aromatic carbocycles. The Morgan fingerprint density at radius 2 is 2.22 bits per heavy atom. The van der Waals surface area contributed by atoms with Gasteiger partial charge < -0.3 is 9.84 Å². The first-order valence-electron chi connectivity index (χ1n) is 6.78. The molecule has 18 heavy (non-hydrogen) atoms. The molecular weight excluding hydrogens is 228 g/mol. The van der Waals surface area contributed by atoms with Gasteiger partial charge in [0.1, 0.15) is 0 Å². The number of nitrogens with zero attached hydrogens (tertiary/aromatic N) is 3. The number of rotatable bonds is 4. The van der Waals surface area contributed by atoms with Gasteiger partial charge in [-0.15, -0.1) is 0 Å². The number of hydrogen-bond donors (Lipinski definition) is 1. The minimum absolute atomic E-state index is 0.0722. The Kier molecular flexibility index (Phi) is 4.02. The van der Waals surface area contributed by atoms with Crippen LogP contribution >= 0.6 is 0 Å². The molecule has 0 radical (unpaired) electrons. The van der Waals surface area contributed by atoms with Gasteiger partial charge in [-0.25, -0.2) is 0 Å². The third-order valence-electron chi connectivity index (χ3n) is 3.41. The van der Waals surface area contributed by atoms with E-state index in [0.717, 1.165) is 37.9 Å². The molecule has 1 unspecified atom stereocenters. The lowest BCUT2D eigenvalue weighted by atomic mass is 9.97. The fourth-order valence-electron chi connectivity index (χ4n) is 2.25. The van der Waals surface area contributed by atoms with Crippen molar-refractivity contribution in [3.63, 3.8) is 0 Å². The summed E-state index contributed by atoms with van der Waals surface area (Å²) in [6, 6.07) is 0.603. The van der Waals surface area contributed by atoms with Crippen LogP contribution in [0.5, 0.6) is 0 Å². The number of nitrogens with one attached hydrogen (secondary N) is 1. The average Bonchev–Trinajstić information content (AvgIpc) is 2.95. The van der Waals surface area contributed by atoms with Crippen molar-refractivity contribution in [2.24, 2.45) is 0 Å². The average molecular weight is 252 g/mol. The monoisotopic (exact) mass is 252 g/mol. The Labute approximate surface area is 109 Å². The lowest BCUT2D eigenvalue weighted by Gasteiger charge is -2.25. The lowest BCUT2D eigenvalue weighted by molar-refractivity contribution is 0.202. The lowest BCUT2D eigenvalue weighted by Crippen LogP contribution is -2.36. The summed E-state index contributed by atoms with van der Waals surface area (Å²) >= 11 is 0. The van der Waals surface area contributed by atoms with Crippen LogP contribution in [0.3, 0.4) is 0 Å². The van der Waals surface area contributed by atoms with E-state index in [2.05, 4.69) is 48.1 Å². The quantitative estimate of drug-likeness (QED) is 0.881. The maximum absolute atomic E-state index is 5.33. The summed E-state index contributed by atoms with van der Waals surface area (Å²) in [5, 5.41) is 7.49.